The standard InChI is InChI=1S/C29H29ClFN5O2S.C2HF3O2/c30-19-11-18-4-10-34(17-29(31)5-8-32-9-6-29)27(18)23(12-19)22-3-7-33-24-13-21(39-28(22)24)14-36-25(37)15-35(16-26(36)38)20-1-2-20;3-2(4,5)1(6)7/h3-4,7,10-13,20,32H,1-2,5-6,8-9,14-17H2;(H,6,7). The monoisotopic (exact) mass is 679 g/mol. The van der Waals surface area contributed by atoms with Crippen LogP contribution in [-0.2, 0) is 27.5 Å². The van der Waals surface area contributed by atoms with Gasteiger partial charge in [-0.1, -0.05) is 11.6 Å². The smallest absolute Gasteiger partial charge is 0.475 e. The number of nitrogens with zero attached hydrogens (tertiary/aromatic N) is 4. The van der Waals surface area contributed by atoms with Gasteiger partial charge in [0, 0.05) is 44.8 Å². The number of hydrogen-bond donors (Lipinski definition) is 2. The van der Waals surface area contributed by atoms with Gasteiger partial charge in [0.25, 0.3) is 0 Å². The number of thiophene rings is 1. The Hall–Kier alpha value is -3.59. The Morgan fingerprint density at radius 1 is 1.09 bits per heavy atom. The lowest BCUT2D eigenvalue weighted by atomic mass is 9.94. The van der Waals surface area contributed by atoms with Crippen molar-refractivity contribution in [3.05, 3.63) is 52.6 Å². The normalized spacial score (nSPS) is 19.0. The number of rotatable bonds is 6. The van der Waals surface area contributed by atoms with E-state index in [2.05, 4.69) is 10.3 Å². The molecule has 2 N–H and O–H groups in total. The highest BCUT2D eigenvalue weighted by atomic mass is 35.5. The number of pyridine rings is 1. The minimum absolute atomic E-state index is 0.142. The number of piperazine rings is 1. The van der Waals surface area contributed by atoms with E-state index in [9.17, 15) is 22.8 Å². The highest BCUT2D eigenvalue weighted by Crippen LogP contribution is 2.40. The molecule has 3 aliphatic rings. The Morgan fingerprint density at radius 2 is 1.76 bits per heavy atom. The highest BCUT2D eigenvalue weighted by molar-refractivity contribution is 7.19. The molecule has 1 aliphatic carbocycles. The van der Waals surface area contributed by atoms with Crippen LogP contribution in [0.4, 0.5) is 17.6 Å². The van der Waals surface area contributed by atoms with Crippen molar-refractivity contribution in [3.8, 4) is 11.1 Å². The second-order valence-electron chi connectivity index (χ2n) is 11.8. The quantitative estimate of drug-likeness (QED) is 0.201. The number of benzene rings is 1. The van der Waals surface area contributed by atoms with Crippen molar-refractivity contribution in [2.45, 2.75) is 56.7 Å². The molecule has 3 aromatic heterocycles. The molecule has 3 fully saturated rings. The maximum Gasteiger partial charge on any atom is 0.490 e. The fourth-order valence-corrected chi connectivity index (χ4v) is 7.37. The topological polar surface area (TPSA) is 108 Å². The lowest BCUT2D eigenvalue weighted by Gasteiger charge is -2.32. The number of carboxylic acids is 1. The van der Waals surface area contributed by atoms with Crippen LogP contribution < -0.4 is 5.32 Å². The van der Waals surface area contributed by atoms with E-state index in [4.69, 9.17) is 21.5 Å². The molecule has 2 aliphatic heterocycles. The van der Waals surface area contributed by atoms with Gasteiger partial charge >= 0.3 is 12.1 Å². The lowest BCUT2D eigenvalue weighted by Crippen LogP contribution is -2.53. The predicted molar refractivity (Wildman–Crippen MR) is 165 cm³/mol. The number of imide groups is 1. The lowest BCUT2D eigenvalue weighted by molar-refractivity contribution is -0.192. The number of halogens is 5. The first-order chi connectivity index (χ1) is 21.8. The Bertz CT molecular complexity index is 1800. The molecule has 9 nitrogen and oxygen atoms in total. The van der Waals surface area contributed by atoms with Gasteiger partial charge in [0.05, 0.1) is 41.9 Å². The fourth-order valence-electron chi connectivity index (χ4n) is 6.01. The Morgan fingerprint density at radius 3 is 2.39 bits per heavy atom. The van der Waals surface area contributed by atoms with Gasteiger partial charge in [0.2, 0.25) is 11.8 Å². The number of aliphatic carboxylic acids is 1. The van der Waals surface area contributed by atoms with Crippen molar-refractivity contribution >= 4 is 61.8 Å². The maximum absolute atomic E-state index is 15.7. The maximum atomic E-state index is 15.7. The number of nitrogens with one attached hydrogen (secondary N) is 1. The van der Waals surface area contributed by atoms with Crippen LogP contribution in [0.15, 0.2) is 42.7 Å². The van der Waals surface area contributed by atoms with Crippen molar-refractivity contribution in [2.24, 2.45) is 0 Å². The second kappa shape index (κ2) is 12.5. The molecule has 0 bridgehead atoms. The van der Waals surface area contributed by atoms with E-state index >= 15 is 4.39 Å². The summed E-state index contributed by atoms with van der Waals surface area (Å²) in [5.74, 6) is -3.04. The summed E-state index contributed by atoms with van der Waals surface area (Å²) in [7, 11) is 0. The molecule has 0 atom stereocenters. The number of carbonyl (C=O) groups excluding carboxylic acids is 2. The summed E-state index contributed by atoms with van der Waals surface area (Å²) in [5, 5.41) is 11.9. The molecule has 1 aromatic carbocycles. The van der Waals surface area contributed by atoms with Gasteiger partial charge in [-0.2, -0.15) is 13.2 Å². The van der Waals surface area contributed by atoms with Gasteiger partial charge < -0.3 is 15.0 Å². The van der Waals surface area contributed by atoms with E-state index < -0.39 is 17.8 Å². The highest BCUT2D eigenvalue weighted by Gasteiger charge is 2.39. The number of alkyl halides is 4. The van der Waals surface area contributed by atoms with Crippen LogP contribution in [0.5, 0.6) is 0 Å². The Labute approximate surface area is 269 Å². The molecule has 0 radical (unpaired) electrons. The van der Waals surface area contributed by atoms with Crippen molar-refractivity contribution < 1.29 is 37.1 Å². The zero-order chi connectivity index (χ0) is 32.8. The molecule has 7 rings (SSSR count). The molecule has 15 heteroatoms. The Balaban J connectivity index is 0.000000480. The van der Waals surface area contributed by atoms with Gasteiger partial charge in [-0.25, -0.2) is 9.18 Å². The van der Waals surface area contributed by atoms with Gasteiger partial charge in [0.15, 0.2) is 0 Å². The van der Waals surface area contributed by atoms with E-state index in [-0.39, 0.29) is 24.9 Å². The van der Waals surface area contributed by atoms with Crippen LogP contribution in [-0.4, -0.2) is 86.3 Å². The Kier molecular flexibility index (Phi) is 8.83. The van der Waals surface area contributed by atoms with Crippen molar-refractivity contribution in [2.75, 3.05) is 26.2 Å². The number of fused-ring (bicyclic) bond motifs is 2. The SMILES string of the molecule is O=C(O)C(F)(F)F.O=C1CN(C2CC2)CC(=O)N1Cc1cc2nccc(-c3cc(Cl)cc4ccn(CC5(F)CCNCC5)c34)c2s1. The number of aromatic nitrogens is 2. The van der Waals surface area contributed by atoms with Gasteiger partial charge in [-0.05, 0) is 69.1 Å². The van der Waals surface area contributed by atoms with Crippen LogP contribution in [0.25, 0.3) is 32.2 Å². The third-order valence-electron chi connectivity index (χ3n) is 8.43. The van der Waals surface area contributed by atoms with Crippen molar-refractivity contribution in [3.63, 3.8) is 0 Å². The van der Waals surface area contributed by atoms with Gasteiger partial charge in [0.1, 0.15) is 5.67 Å². The van der Waals surface area contributed by atoms with Gasteiger partial charge in [-0.15, -0.1) is 11.3 Å². The third-order valence-corrected chi connectivity index (χ3v) is 9.79. The first kappa shape index (κ1) is 32.4. The van der Waals surface area contributed by atoms with Crippen LogP contribution in [0.1, 0.15) is 30.6 Å². The molecule has 2 saturated heterocycles. The average molecular weight is 680 g/mol. The predicted octanol–water partition coefficient (Wildman–Crippen LogP) is 5.63. The second-order valence-corrected chi connectivity index (χ2v) is 13.4. The number of hydrogen-bond acceptors (Lipinski definition) is 7. The molecule has 2 amide bonds. The fraction of sp³-hybridized carbons (Fsp3) is 0.419. The first-order valence-electron chi connectivity index (χ1n) is 14.7. The molecule has 1 saturated carbocycles. The summed E-state index contributed by atoms with van der Waals surface area (Å²) in [5.41, 5.74) is 2.36. The van der Waals surface area contributed by atoms with E-state index in [1.54, 1.807) is 6.20 Å². The van der Waals surface area contributed by atoms with Crippen LogP contribution in [0, 0.1) is 0 Å². The first-order valence-corrected chi connectivity index (χ1v) is 15.9. The molecule has 0 spiro atoms. The molecular weight excluding hydrogens is 650 g/mol. The van der Waals surface area contributed by atoms with Crippen LogP contribution in [0.2, 0.25) is 5.02 Å². The van der Waals surface area contributed by atoms with Gasteiger partial charge in [-0.3, -0.25) is 24.4 Å². The number of carboxylic acid groups (broad SMARTS) is 1. The summed E-state index contributed by atoms with van der Waals surface area (Å²) in [4.78, 5) is 43.4. The third kappa shape index (κ3) is 6.89. The molecule has 4 aromatic rings. The van der Waals surface area contributed by atoms with Crippen LogP contribution >= 0.6 is 22.9 Å². The van der Waals surface area contributed by atoms with E-state index in [1.165, 1.54) is 16.2 Å². The van der Waals surface area contributed by atoms with Crippen molar-refractivity contribution in [1.82, 2.24) is 24.7 Å². The zero-order valence-corrected chi connectivity index (χ0v) is 26.0. The van der Waals surface area contributed by atoms with Crippen LogP contribution in [0.3, 0.4) is 0 Å². The summed E-state index contributed by atoms with van der Waals surface area (Å²) in [6.07, 6.45) is 1.72. The molecule has 46 heavy (non-hydrogen) atoms. The van der Waals surface area contributed by atoms with E-state index in [0.29, 0.717) is 50.1 Å². The molecular formula is C31H30ClF4N5O4S. The number of piperidine rings is 1. The molecule has 5 heterocycles. The summed E-state index contributed by atoms with van der Waals surface area (Å²) in [6, 6.07) is 10.2. The zero-order valence-electron chi connectivity index (χ0n) is 24.4. The largest absolute Gasteiger partial charge is 0.490 e. The summed E-state index contributed by atoms with van der Waals surface area (Å²) < 4.78 is 50.4. The molecule has 244 valence electrons. The summed E-state index contributed by atoms with van der Waals surface area (Å²) >= 11 is 8.11. The minimum Gasteiger partial charge on any atom is -0.475 e. The summed E-state index contributed by atoms with van der Waals surface area (Å²) in [6.45, 7) is 2.49. The number of carbonyl (C=O) groups is 3. The minimum atomic E-state index is -5.08. The number of amides is 2. The molecule has 0 unspecified atom stereocenters. The van der Waals surface area contributed by atoms with E-state index in [1.807, 2.05) is 46.0 Å². The van der Waals surface area contributed by atoms with E-state index in [0.717, 1.165) is 50.0 Å². The van der Waals surface area contributed by atoms with Crippen molar-refractivity contribution in [1.29, 1.82) is 0 Å². The average Bonchev–Trinajstić information content (AvgIpc) is 3.65.